The molecular weight excluding hydrogens is 500 g/mol. The molecule has 0 aliphatic carbocycles. The average molecular weight is 537 g/mol. The Morgan fingerprint density at radius 2 is 1.69 bits per heavy atom. The van der Waals surface area contributed by atoms with Gasteiger partial charge in [0.25, 0.3) is 0 Å². The number of carbonyl (C=O) groups is 1. The van der Waals surface area contributed by atoms with Crippen molar-refractivity contribution in [1.82, 2.24) is 9.21 Å². The van der Waals surface area contributed by atoms with Crippen LogP contribution in [-0.2, 0) is 31.7 Å². The number of amides is 1. The normalized spacial score (nSPS) is 16.1. The number of benzene rings is 2. The highest BCUT2D eigenvalue weighted by atomic mass is 32.2. The Morgan fingerprint density at radius 3 is 2.31 bits per heavy atom. The predicted octanol–water partition coefficient (Wildman–Crippen LogP) is 3.74. The van der Waals surface area contributed by atoms with Crippen LogP contribution in [0.3, 0.4) is 0 Å². The minimum absolute atomic E-state index is 0.0210. The van der Waals surface area contributed by atoms with E-state index in [1.807, 2.05) is 45.9 Å². The highest BCUT2D eigenvalue weighted by Gasteiger charge is 2.36. The van der Waals surface area contributed by atoms with Gasteiger partial charge in [-0.25, -0.2) is 12.6 Å². The molecule has 1 aliphatic rings. The molecule has 1 fully saturated rings. The van der Waals surface area contributed by atoms with Crippen LogP contribution in [0.5, 0.6) is 5.75 Å². The van der Waals surface area contributed by atoms with E-state index in [0.29, 0.717) is 31.7 Å². The van der Waals surface area contributed by atoms with Crippen molar-refractivity contribution in [1.29, 1.82) is 0 Å². The molecule has 8 nitrogen and oxygen atoms in total. The smallest absolute Gasteiger partial charge is 0.243 e. The van der Waals surface area contributed by atoms with Gasteiger partial charge in [-0.1, -0.05) is 38.1 Å². The van der Waals surface area contributed by atoms with Gasteiger partial charge >= 0.3 is 0 Å². The lowest BCUT2D eigenvalue weighted by atomic mass is 9.86. The van der Waals surface area contributed by atoms with E-state index in [4.69, 9.17) is 9.29 Å². The van der Waals surface area contributed by atoms with Crippen molar-refractivity contribution >= 4 is 27.0 Å². The SMILES string of the molecule is Cc1ccc(C)c(OCCCC(C)(C)C(=O)N2CCN(S(=O)(=O)c3ccc(CS(=O)O)cc3)CC2)c1. The zero-order valence-corrected chi connectivity index (χ0v) is 23.0. The maximum absolute atomic E-state index is 13.2. The van der Waals surface area contributed by atoms with Crippen molar-refractivity contribution in [3.63, 3.8) is 0 Å². The molecule has 1 saturated heterocycles. The second kappa shape index (κ2) is 11.9. The number of aryl methyl sites for hydroxylation is 2. The number of ether oxygens (including phenoxy) is 1. The second-order valence-electron chi connectivity index (χ2n) is 9.91. The van der Waals surface area contributed by atoms with Crippen LogP contribution in [0.25, 0.3) is 0 Å². The standard InChI is InChI=1S/C26H36N2O6S2/c1-20-6-7-21(2)24(18-20)34-17-5-12-26(3,4)25(29)27-13-15-28(16-14-27)36(32,33)23-10-8-22(9-11-23)19-35(30)31/h6-11,18H,5,12-17,19H2,1-4H3,(H,30,31). The fourth-order valence-electron chi connectivity index (χ4n) is 4.27. The Kier molecular flexibility index (Phi) is 9.32. The first-order valence-electron chi connectivity index (χ1n) is 12.1. The van der Waals surface area contributed by atoms with Crippen molar-refractivity contribution in [2.75, 3.05) is 32.8 Å². The van der Waals surface area contributed by atoms with Gasteiger partial charge in [0, 0.05) is 31.6 Å². The molecule has 1 amide bonds. The van der Waals surface area contributed by atoms with Gasteiger partial charge in [-0.3, -0.25) is 4.79 Å². The molecule has 10 heteroatoms. The summed E-state index contributed by atoms with van der Waals surface area (Å²) < 4.78 is 53.3. The molecule has 3 rings (SSSR count). The number of hydrogen-bond donors (Lipinski definition) is 1. The molecule has 2 aromatic carbocycles. The summed E-state index contributed by atoms with van der Waals surface area (Å²) in [4.78, 5) is 15.1. The minimum Gasteiger partial charge on any atom is -0.493 e. The van der Waals surface area contributed by atoms with Crippen LogP contribution in [0.1, 0.15) is 43.4 Å². The van der Waals surface area contributed by atoms with E-state index in [1.54, 1.807) is 17.0 Å². The lowest BCUT2D eigenvalue weighted by Crippen LogP contribution is -2.53. The van der Waals surface area contributed by atoms with Crippen LogP contribution in [0.2, 0.25) is 0 Å². The van der Waals surface area contributed by atoms with Crippen molar-refractivity contribution in [3.05, 3.63) is 59.2 Å². The number of hydrogen-bond acceptors (Lipinski definition) is 5. The van der Waals surface area contributed by atoms with E-state index in [0.717, 1.165) is 23.3 Å². The van der Waals surface area contributed by atoms with Crippen LogP contribution >= 0.6 is 0 Å². The third-order valence-electron chi connectivity index (χ3n) is 6.50. The molecule has 0 bridgehead atoms. The summed E-state index contributed by atoms with van der Waals surface area (Å²) in [5, 5.41) is 0. The van der Waals surface area contributed by atoms with Crippen molar-refractivity contribution in [2.24, 2.45) is 5.41 Å². The molecule has 0 spiro atoms. The summed E-state index contributed by atoms with van der Waals surface area (Å²) >= 11 is -1.98. The predicted molar refractivity (Wildman–Crippen MR) is 141 cm³/mol. The van der Waals surface area contributed by atoms with Crippen LogP contribution < -0.4 is 4.74 Å². The summed E-state index contributed by atoms with van der Waals surface area (Å²) in [7, 11) is -3.70. The van der Waals surface area contributed by atoms with Crippen LogP contribution in [0, 0.1) is 19.3 Å². The zero-order chi connectivity index (χ0) is 26.5. The molecular formula is C26H36N2O6S2. The number of rotatable bonds is 10. The lowest BCUT2D eigenvalue weighted by molar-refractivity contribution is -0.142. The summed E-state index contributed by atoms with van der Waals surface area (Å²) in [5.74, 6) is 0.844. The molecule has 1 aliphatic heterocycles. The number of piperazine rings is 1. The van der Waals surface area contributed by atoms with Gasteiger partial charge < -0.3 is 14.2 Å². The summed E-state index contributed by atoms with van der Waals surface area (Å²) in [6.07, 6.45) is 1.40. The summed E-state index contributed by atoms with van der Waals surface area (Å²) in [6, 6.07) is 12.1. The molecule has 1 N–H and O–H groups in total. The van der Waals surface area contributed by atoms with E-state index in [9.17, 15) is 17.4 Å². The summed E-state index contributed by atoms with van der Waals surface area (Å²) in [5.41, 5.74) is 2.24. The Bertz CT molecular complexity index is 1190. The Labute approximate surface area is 217 Å². The maximum Gasteiger partial charge on any atom is 0.243 e. The van der Waals surface area contributed by atoms with E-state index in [1.165, 1.54) is 16.4 Å². The fraction of sp³-hybridized carbons (Fsp3) is 0.500. The van der Waals surface area contributed by atoms with Gasteiger partial charge in [-0.2, -0.15) is 4.31 Å². The van der Waals surface area contributed by atoms with Gasteiger partial charge in [-0.05, 0) is 61.6 Å². The molecule has 0 saturated carbocycles. The van der Waals surface area contributed by atoms with Gasteiger partial charge in [0.15, 0.2) is 11.1 Å². The highest BCUT2D eigenvalue weighted by molar-refractivity contribution is 7.89. The van der Waals surface area contributed by atoms with E-state index >= 15 is 0 Å². The molecule has 0 aromatic heterocycles. The van der Waals surface area contributed by atoms with Crippen molar-refractivity contribution in [3.8, 4) is 5.75 Å². The lowest BCUT2D eigenvalue weighted by Gasteiger charge is -2.38. The maximum atomic E-state index is 13.2. The molecule has 2 aromatic rings. The second-order valence-corrected chi connectivity index (χ2v) is 12.8. The monoisotopic (exact) mass is 536 g/mol. The molecule has 1 atom stereocenters. The Hall–Kier alpha value is -2.27. The van der Waals surface area contributed by atoms with Crippen molar-refractivity contribution < 1.29 is 26.7 Å². The topological polar surface area (TPSA) is 104 Å². The third-order valence-corrected chi connectivity index (χ3v) is 9.00. The van der Waals surface area contributed by atoms with Crippen LogP contribution in [0.15, 0.2) is 47.4 Å². The van der Waals surface area contributed by atoms with Gasteiger partial charge in [0.2, 0.25) is 15.9 Å². The molecule has 198 valence electrons. The van der Waals surface area contributed by atoms with E-state index < -0.39 is 26.5 Å². The molecule has 36 heavy (non-hydrogen) atoms. The quantitative estimate of drug-likeness (QED) is 0.366. The fourth-order valence-corrected chi connectivity index (χ4v) is 6.17. The van der Waals surface area contributed by atoms with Gasteiger partial charge in [-0.15, -0.1) is 0 Å². The molecule has 0 radical (unpaired) electrons. The summed E-state index contributed by atoms with van der Waals surface area (Å²) in [6.45, 7) is 9.54. The van der Waals surface area contributed by atoms with Crippen LogP contribution in [-0.4, -0.2) is 65.1 Å². The highest BCUT2D eigenvalue weighted by Crippen LogP contribution is 2.28. The number of sulfonamides is 1. The Balaban J connectivity index is 1.51. The largest absolute Gasteiger partial charge is 0.493 e. The first kappa shape index (κ1) is 28.3. The average Bonchev–Trinajstić information content (AvgIpc) is 2.83. The number of carbonyl (C=O) groups excluding carboxylic acids is 1. The number of nitrogens with zero attached hydrogens (tertiary/aromatic N) is 2. The minimum atomic E-state index is -3.70. The van der Waals surface area contributed by atoms with E-state index in [2.05, 4.69) is 0 Å². The van der Waals surface area contributed by atoms with Crippen molar-refractivity contribution in [2.45, 2.75) is 51.2 Å². The Morgan fingerprint density at radius 1 is 1.06 bits per heavy atom. The van der Waals surface area contributed by atoms with Crippen LogP contribution in [0.4, 0.5) is 0 Å². The zero-order valence-electron chi connectivity index (χ0n) is 21.4. The van der Waals surface area contributed by atoms with Gasteiger partial charge in [0.05, 0.1) is 17.3 Å². The first-order chi connectivity index (χ1) is 16.9. The molecule has 1 heterocycles. The van der Waals surface area contributed by atoms with Gasteiger partial charge in [0.1, 0.15) is 5.75 Å². The third kappa shape index (κ3) is 7.15. The molecule has 1 unspecified atom stereocenters. The van der Waals surface area contributed by atoms with E-state index in [-0.39, 0.29) is 29.6 Å². The first-order valence-corrected chi connectivity index (χ1v) is 14.8.